The topological polar surface area (TPSA) is 67.8 Å². The number of thiazole rings is 1. The number of carbonyl (C=O) groups is 1. The van der Waals surface area contributed by atoms with Crippen LogP contribution in [0.5, 0.6) is 0 Å². The number of hydrogen-bond donors (Lipinski definition) is 1. The minimum absolute atomic E-state index is 0.247. The van der Waals surface area contributed by atoms with Gasteiger partial charge in [0.05, 0.1) is 11.4 Å². The van der Waals surface area contributed by atoms with Gasteiger partial charge in [0.15, 0.2) is 5.13 Å². The van der Waals surface area contributed by atoms with E-state index in [-0.39, 0.29) is 11.7 Å². The van der Waals surface area contributed by atoms with Crippen LogP contribution in [-0.4, -0.2) is 20.5 Å². The Morgan fingerprint density at radius 1 is 1.30 bits per heavy atom. The molecule has 118 valence electrons. The molecule has 0 radical (unpaired) electrons. The molecule has 2 aromatic heterocycles. The van der Waals surface area contributed by atoms with Crippen molar-refractivity contribution in [2.24, 2.45) is 0 Å². The zero-order chi connectivity index (χ0) is 16.2. The monoisotopic (exact) mass is 348 g/mol. The first-order valence-corrected chi connectivity index (χ1v) is 8.66. The van der Waals surface area contributed by atoms with Crippen LogP contribution >= 0.6 is 22.9 Å². The third kappa shape index (κ3) is 3.59. The number of rotatable bonds is 5. The second-order valence-corrected chi connectivity index (χ2v) is 6.41. The summed E-state index contributed by atoms with van der Waals surface area (Å²) in [6.07, 6.45) is 1.62. The lowest BCUT2D eigenvalue weighted by atomic mass is 10.2. The molecule has 1 aromatic carbocycles. The van der Waals surface area contributed by atoms with Gasteiger partial charge in [-0.1, -0.05) is 17.8 Å². The van der Waals surface area contributed by atoms with Crippen molar-refractivity contribution in [2.45, 2.75) is 19.8 Å². The molecule has 2 heterocycles. The molecule has 0 aliphatic rings. The third-order valence-electron chi connectivity index (χ3n) is 3.11. The van der Waals surface area contributed by atoms with Crippen molar-refractivity contribution in [1.29, 1.82) is 0 Å². The number of nitrogens with one attached hydrogen (secondary N) is 1. The normalized spacial score (nSPS) is 10.7. The van der Waals surface area contributed by atoms with E-state index in [2.05, 4.69) is 19.9 Å². The van der Waals surface area contributed by atoms with Crippen LogP contribution in [0, 0.1) is 5.82 Å². The van der Waals surface area contributed by atoms with Crippen LogP contribution in [0.25, 0.3) is 11.3 Å². The SMILES string of the molecule is CCCc1nnsc1C(=O)Nc1nc(-c2ccc(F)cc2)cs1. The summed E-state index contributed by atoms with van der Waals surface area (Å²) in [7, 11) is 0. The van der Waals surface area contributed by atoms with E-state index < -0.39 is 0 Å². The van der Waals surface area contributed by atoms with Crippen molar-refractivity contribution in [3.63, 3.8) is 0 Å². The summed E-state index contributed by atoms with van der Waals surface area (Å²) in [6, 6.07) is 6.07. The van der Waals surface area contributed by atoms with E-state index >= 15 is 0 Å². The molecule has 3 rings (SSSR count). The molecule has 0 aliphatic heterocycles. The fourth-order valence-electron chi connectivity index (χ4n) is 2.02. The maximum Gasteiger partial charge on any atom is 0.271 e. The maximum atomic E-state index is 13.0. The Morgan fingerprint density at radius 3 is 2.83 bits per heavy atom. The van der Waals surface area contributed by atoms with Crippen LogP contribution in [0.4, 0.5) is 9.52 Å². The van der Waals surface area contributed by atoms with Crippen molar-refractivity contribution in [2.75, 3.05) is 5.32 Å². The first kappa shape index (κ1) is 15.7. The van der Waals surface area contributed by atoms with Crippen LogP contribution in [0.15, 0.2) is 29.6 Å². The van der Waals surface area contributed by atoms with Gasteiger partial charge in [-0.3, -0.25) is 10.1 Å². The van der Waals surface area contributed by atoms with Gasteiger partial charge in [-0.05, 0) is 42.2 Å². The molecule has 23 heavy (non-hydrogen) atoms. The largest absolute Gasteiger partial charge is 0.297 e. The minimum atomic E-state index is -0.293. The van der Waals surface area contributed by atoms with E-state index in [9.17, 15) is 9.18 Å². The number of aromatic nitrogens is 3. The van der Waals surface area contributed by atoms with Gasteiger partial charge in [0, 0.05) is 10.9 Å². The van der Waals surface area contributed by atoms with E-state index in [1.807, 2.05) is 12.3 Å². The number of carbonyl (C=O) groups excluding carboxylic acids is 1. The van der Waals surface area contributed by atoms with Crippen LogP contribution in [-0.2, 0) is 6.42 Å². The highest BCUT2D eigenvalue weighted by Crippen LogP contribution is 2.26. The molecular formula is C15H13FN4OS2. The summed E-state index contributed by atoms with van der Waals surface area (Å²) in [5, 5.41) is 9.07. The molecule has 1 amide bonds. The molecule has 0 fully saturated rings. The first-order valence-electron chi connectivity index (χ1n) is 7.01. The van der Waals surface area contributed by atoms with Crippen LogP contribution in [0.2, 0.25) is 0 Å². The van der Waals surface area contributed by atoms with Gasteiger partial charge in [0.2, 0.25) is 0 Å². The summed E-state index contributed by atoms with van der Waals surface area (Å²) in [5.41, 5.74) is 2.21. The number of hydrogen-bond acceptors (Lipinski definition) is 6. The summed E-state index contributed by atoms with van der Waals surface area (Å²) in [4.78, 5) is 17.2. The Kier molecular flexibility index (Phi) is 4.73. The van der Waals surface area contributed by atoms with Crippen LogP contribution in [0.1, 0.15) is 28.7 Å². The third-order valence-corrected chi connectivity index (χ3v) is 4.64. The minimum Gasteiger partial charge on any atom is -0.297 e. The molecule has 8 heteroatoms. The predicted molar refractivity (Wildman–Crippen MR) is 89.4 cm³/mol. The highest BCUT2D eigenvalue weighted by atomic mass is 32.1. The zero-order valence-electron chi connectivity index (χ0n) is 12.2. The number of anilines is 1. The van der Waals surface area contributed by atoms with Gasteiger partial charge < -0.3 is 0 Å². The Bertz CT molecular complexity index is 813. The second kappa shape index (κ2) is 6.93. The highest BCUT2D eigenvalue weighted by Gasteiger charge is 2.17. The van der Waals surface area contributed by atoms with Crippen LogP contribution < -0.4 is 5.32 Å². The van der Waals surface area contributed by atoms with Crippen molar-refractivity contribution in [3.8, 4) is 11.3 Å². The van der Waals surface area contributed by atoms with Crippen molar-refractivity contribution in [1.82, 2.24) is 14.6 Å². The maximum absolute atomic E-state index is 13.0. The van der Waals surface area contributed by atoms with E-state index in [1.165, 1.54) is 23.5 Å². The quantitative estimate of drug-likeness (QED) is 0.756. The van der Waals surface area contributed by atoms with Gasteiger partial charge >= 0.3 is 0 Å². The number of halogens is 1. The zero-order valence-corrected chi connectivity index (χ0v) is 13.9. The van der Waals surface area contributed by atoms with E-state index in [0.29, 0.717) is 21.4 Å². The van der Waals surface area contributed by atoms with Crippen LogP contribution in [0.3, 0.4) is 0 Å². The molecule has 0 atom stereocenters. The fraction of sp³-hybridized carbons (Fsp3) is 0.200. The number of amides is 1. The Morgan fingerprint density at radius 2 is 2.09 bits per heavy atom. The standard InChI is InChI=1S/C15H13FN4OS2/c1-2-3-11-13(23-20-19-11)14(21)18-15-17-12(8-22-15)9-4-6-10(16)7-5-9/h4-8H,2-3H2,1H3,(H,17,18,21). The summed E-state index contributed by atoms with van der Waals surface area (Å²) in [6.45, 7) is 2.02. The van der Waals surface area contributed by atoms with Crippen molar-refractivity contribution in [3.05, 3.63) is 46.0 Å². The summed E-state index contributed by atoms with van der Waals surface area (Å²) < 4.78 is 16.8. The number of nitrogens with zero attached hydrogens (tertiary/aromatic N) is 3. The van der Waals surface area contributed by atoms with Gasteiger partial charge in [0.25, 0.3) is 5.91 Å². The van der Waals surface area contributed by atoms with E-state index in [1.54, 1.807) is 12.1 Å². The van der Waals surface area contributed by atoms with E-state index in [4.69, 9.17) is 0 Å². The van der Waals surface area contributed by atoms with Gasteiger partial charge in [-0.15, -0.1) is 16.4 Å². The lowest BCUT2D eigenvalue weighted by Crippen LogP contribution is -2.12. The molecule has 3 aromatic rings. The Hall–Kier alpha value is -2.19. The molecule has 0 bridgehead atoms. The van der Waals surface area contributed by atoms with Crippen molar-refractivity contribution < 1.29 is 9.18 Å². The van der Waals surface area contributed by atoms with Gasteiger partial charge in [0.1, 0.15) is 10.7 Å². The molecule has 1 N–H and O–H groups in total. The molecule has 0 spiro atoms. The lowest BCUT2D eigenvalue weighted by molar-refractivity contribution is 0.102. The molecule has 0 unspecified atom stereocenters. The molecule has 5 nitrogen and oxygen atoms in total. The summed E-state index contributed by atoms with van der Waals surface area (Å²) in [5.74, 6) is -0.540. The molecule has 0 aliphatic carbocycles. The molecular weight excluding hydrogens is 335 g/mol. The smallest absolute Gasteiger partial charge is 0.271 e. The predicted octanol–water partition coefficient (Wildman–Crippen LogP) is 4.01. The second-order valence-electron chi connectivity index (χ2n) is 4.80. The first-order chi connectivity index (χ1) is 11.2. The highest BCUT2D eigenvalue weighted by molar-refractivity contribution is 7.14. The van der Waals surface area contributed by atoms with Crippen molar-refractivity contribution >= 4 is 33.9 Å². The number of aryl methyl sites for hydroxylation is 1. The average Bonchev–Trinajstić information content (AvgIpc) is 3.18. The average molecular weight is 348 g/mol. The number of benzene rings is 1. The Balaban J connectivity index is 1.75. The van der Waals surface area contributed by atoms with Gasteiger partial charge in [-0.2, -0.15) is 0 Å². The molecule has 0 saturated heterocycles. The lowest BCUT2D eigenvalue weighted by Gasteiger charge is -2.00. The Labute approximate surface area is 140 Å². The van der Waals surface area contributed by atoms with E-state index in [0.717, 1.165) is 29.9 Å². The molecule has 0 saturated carbocycles. The van der Waals surface area contributed by atoms with Gasteiger partial charge in [-0.25, -0.2) is 9.37 Å². The summed E-state index contributed by atoms with van der Waals surface area (Å²) >= 11 is 2.40. The fourth-order valence-corrected chi connectivity index (χ4v) is 3.34.